The van der Waals surface area contributed by atoms with E-state index in [0.717, 1.165) is 22.3 Å². The number of carbonyl (C=O) groups is 3. The Morgan fingerprint density at radius 2 is 1.50 bits per heavy atom. The van der Waals surface area contributed by atoms with E-state index in [2.05, 4.69) is 22.3 Å². The molecular formula is C41H41FN6O6. The fraction of sp³-hybridized carbons (Fsp3) is 0.293. The summed E-state index contributed by atoms with van der Waals surface area (Å²) in [6.45, 7) is 1.60. The molecule has 3 N–H and O–H groups in total. The van der Waals surface area contributed by atoms with Gasteiger partial charge in [-0.3, -0.25) is 19.3 Å². The van der Waals surface area contributed by atoms with E-state index in [0.29, 0.717) is 35.2 Å². The predicted octanol–water partition coefficient (Wildman–Crippen LogP) is 4.16. The third-order valence-electron chi connectivity index (χ3n) is 10.0. The SMILES string of the molecule is NCCOCCN(CC(=O)N1CCN(C(=O)c2cc(Cc3n[nH]c(=O)c4ccccc34)ccc2F)CC1)C(=O)OCC1c2ccccc2-c2ccccc21. The van der Waals surface area contributed by atoms with Crippen LogP contribution in [-0.2, 0) is 20.7 Å². The lowest BCUT2D eigenvalue weighted by molar-refractivity contribution is -0.133. The smallest absolute Gasteiger partial charge is 0.410 e. The fourth-order valence-corrected chi connectivity index (χ4v) is 7.22. The molecule has 1 aliphatic carbocycles. The summed E-state index contributed by atoms with van der Waals surface area (Å²) in [4.78, 5) is 57.3. The monoisotopic (exact) mass is 732 g/mol. The number of aromatic amines is 1. The van der Waals surface area contributed by atoms with Crippen LogP contribution in [0.25, 0.3) is 21.9 Å². The van der Waals surface area contributed by atoms with E-state index in [1.807, 2.05) is 42.5 Å². The lowest BCUT2D eigenvalue weighted by Gasteiger charge is -2.36. The van der Waals surface area contributed by atoms with Gasteiger partial charge in [0.05, 0.1) is 29.9 Å². The quantitative estimate of drug-likeness (QED) is 0.182. The highest BCUT2D eigenvalue weighted by Gasteiger charge is 2.32. The molecule has 2 aliphatic rings. The first-order chi connectivity index (χ1) is 26.3. The Balaban J connectivity index is 0.972. The summed E-state index contributed by atoms with van der Waals surface area (Å²) < 4.78 is 26.4. The van der Waals surface area contributed by atoms with E-state index < -0.39 is 17.8 Å². The Kier molecular flexibility index (Phi) is 11.1. The van der Waals surface area contributed by atoms with Crippen LogP contribution in [0.4, 0.5) is 9.18 Å². The molecule has 1 aromatic heterocycles. The number of nitrogens with zero attached hydrogens (tertiary/aromatic N) is 4. The largest absolute Gasteiger partial charge is 0.448 e. The van der Waals surface area contributed by atoms with E-state index in [1.54, 1.807) is 29.2 Å². The van der Waals surface area contributed by atoms with Gasteiger partial charge in [-0.25, -0.2) is 14.3 Å². The number of nitrogens with two attached hydrogens (primary N) is 1. The van der Waals surface area contributed by atoms with Crippen LogP contribution in [0, 0.1) is 5.82 Å². The maximum atomic E-state index is 15.1. The summed E-state index contributed by atoms with van der Waals surface area (Å²) in [5.41, 5.74) is 10.8. The Labute approximate surface area is 311 Å². The van der Waals surface area contributed by atoms with Crippen molar-refractivity contribution in [2.24, 2.45) is 5.73 Å². The van der Waals surface area contributed by atoms with Crippen LogP contribution in [0.5, 0.6) is 0 Å². The Morgan fingerprint density at radius 1 is 0.852 bits per heavy atom. The highest BCUT2D eigenvalue weighted by atomic mass is 19.1. The molecule has 4 aromatic carbocycles. The molecule has 0 unspecified atom stereocenters. The van der Waals surface area contributed by atoms with Gasteiger partial charge in [0.2, 0.25) is 5.91 Å². The molecule has 54 heavy (non-hydrogen) atoms. The number of ether oxygens (including phenoxy) is 2. The van der Waals surface area contributed by atoms with E-state index in [1.165, 1.54) is 21.9 Å². The average molecular weight is 733 g/mol. The van der Waals surface area contributed by atoms with Crippen molar-refractivity contribution in [1.29, 1.82) is 0 Å². The molecule has 0 atom stereocenters. The van der Waals surface area contributed by atoms with Crippen LogP contribution >= 0.6 is 0 Å². The number of amides is 3. The van der Waals surface area contributed by atoms with Gasteiger partial charge in [0.15, 0.2) is 0 Å². The molecule has 3 amide bonds. The summed E-state index contributed by atoms with van der Waals surface area (Å²) >= 11 is 0. The molecule has 13 heteroatoms. The van der Waals surface area contributed by atoms with E-state index in [4.69, 9.17) is 15.2 Å². The normalized spacial score (nSPS) is 13.8. The number of carbonyl (C=O) groups excluding carboxylic acids is 3. The molecule has 1 fully saturated rings. The second-order valence-electron chi connectivity index (χ2n) is 13.3. The predicted molar refractivity (Wildman–Crippen MR) is 201 cm³/mol. The summed E-state index contributed by atoms with van der Waals surface area (Å²) in [6, 6.07) is 27.6. The molecule has 0 saturated carbocycles. The van der Waals surface area contributed by atoms with Crippen molar-refractivity contribution in [3.63, 3.8) is 0 Å². The van der Waals surface area contributed by atoms with Crippen molar-refractivity contribution < 1.29 is 28.2 Å². The summed E-state index contributed by atoms with van der Waals surface area (Å²) in [6.07, 6.45) is -0.354. The number of rotatable bonds is 12. The molecule has 7 rings (SSSR count). The van der Waals surface area contributed by atoms with Crippen molar-refractivity contribution in [3.05, 3.63) is 135 Å². The van der Waals surface area contributed by atoms with Gasteiger partial charge in [0.1, 0.15) is 19.0 Å². The van der Waals surface area contributed by atoms with Gasteiger partial charge in [-0.05, 0) is 46.0 Å². The summed E-state index contributed by atoms with van der Waals surface area (Å²) in [5.74, 6) is -1.58. The van der Waals surface area contributed by atoms with Gasteiger partial charge in [-0.15, -0.1) is 0 Å². The van der Waals surface area contributed by atoms with Crippen LogP contribution in [-0.4, -0.2) is 108 Å². The molecule has 0 spiro atoms. The van der Waals surface area contributed by atoms with Gasteiger partial charge in [0, 0.05) is 57.0 Å². The van der Waals surface area contributed by atoms with Crippen LogP contribution in [0.3, 0.4) is 0 Å². The van der Waals surface area contributed by atoms with Crippen molar-refractivity contribution in [2.75, 3.05) is 65.6 Å². The van der Waals surface area contributed by atoms with Gasteiger partial charge in [-0.2, -0.15) is 5.10 Å². The third-order valence-corrected chi connectivity index (χ3v) is 10.0. The van der Waals surface area contributed by atoms with Gasteiger partial charge < -0.3 is 25.0 Å². The zero-order valence-corrected chi connectivity index (χ0v) is 29.7. The van der Waals surface area contributed by atoms with Crippen molar-refractivity contribution >= 4 is 28.7 Å². The highest BCUT2D eigenvalue weighted by Crippen LogP contribution is 2.44. The topological polar surface area (TPSA) is 151 Å². The van der Waals surface area contributed by atoms with E-state index in [-0.39, 0.29) is 81.9 Å². The van der Waals surface area contributed by atoms with Crippen LogP contribution in [0.15, 0.2) is 95.8 Å². The van der Waals surface area contributed by atoms with Gasteiger partial charge >= 0.3 is 6.09 Å². The van der Waals surface area contributed by atoms with Gasteiger partial charge in [-0.1, -0.05) is 72.8 Å². The number of hydrogen-bond acceptors (Lipinski definition) is 8. The Hall–Kier alpha value is -5.92. The molecule has 0 radical (unpaired) electrons. The number of aromatic nitrogens is 2. The van der Waals surface area contributed by atoms with Crippen molar-refractivity contribution in [3.8, 4) is 11.1 Å². The molecule has 1 saturated heterocycles. The highest BCUT2D eigenvalue weighted by molar-refractivity contribution is 5.95. The van der Waals surface area contributed by atoms with Crippen LogP contribution in [0.1, 0.15) is 38.7 Å². The summed E-state index contributed by atoms with van der Waals surface area (Å²) in [5, 5.41) is 7.89. The summed E-state index contributed by atoms with van der Waals surface area (Å²) in [7, 11) is 0. The standard InChI is InChI=1S/C41H41FN6O6/c42-36-14-13-27(24-37-32-11-5-6-12-33(32)39(50)45-44-37)23-34(36)40(51)47-18-16-46(17-19-47)38(49)25-48(20-22-53-21-15-43)41(52)54-26-35-30-9-3-1-7-28(30)29-8-2-4-10-31(29)35/h1-14,23,35H,15-22,24-26,43H2,(H,45,50). The third kappa shape index (κ3) is 7.73. The number of H-pyrrole nitrogens is 1. The molecule has 12 nitrogen and oxygen atoms in total. The number of benzene rings is 4. The molecule has 278 valence electrons. The van der Waals surface area contributed by atoms with E-state index >= 15 is 4.39 Å². The first kappa shape index (κ1) is 36.4. The first-order valence-corrected chi connectivity index (χ1v) is 18.0. The minimum Gasteiger partial charge on any atom is -0.448 e. The number of halogens is 1. The van der Waals surface area contributed by atoms with Gasteiger partial charge in [0.25, 0.3) is 11.5 Å². The second-order valence-corrected chi connectivity index (χ2v) is 13.3. The van der Waals surface area contributed by atoms with E-state index in [9.17, 15) is 19.2 Å². The number of piperazine rings is 1. The maximum absolute atomic E-state index is 15.1. The molecule has 2 heterocycles. The molecule has 1 aliphatic heterocycles. The Bertz CT molecular complexity index is 2190. The minimum absolute atomic E-state index is 0.0834. The second kappa shape index (κ2) is 16.4. The minimum atomic E-state index is -0.655. The van der Waals surface area contributed by atoms with Crippen LogP contribution in [0.2, 0.25) is 0 Å². The number of hydrogen-bond donors (Lipinski definition) is 2. The lowest BCUT2D eigenvalue weighted by atomic mass is 9.98. The lowest BCUT2D eigenvalue weighted by Crippen LogP contribution is -2.53. The van der Waals surface area contributed by atoms with Crippen LogP contribution < -0.4 is 11.3 Å². The molecule has 5 aromatic rings. The maximum Gasteiger partial charge on any atom is 0.410 e. The average Bonchev–Trinajstić information content (AvgIpc) is 3.53. The molecule has 0 bridgehead atoms. The fourth-order valence-electron chi connectivity index (χ4n) is 7.22. The number of fused-ring (bicyclic) bond motifs is 4. The zero-order chi connectivity index (χ0) is 37.6. The van der Waals surface area contributed by atoms with Crippen molar-refractivity contribution in [2.45, 2.75) is 12.3 Å². The van der Waals surface area contributed by atoms with Crippen molar-refractivity contribution in [1.82, 2.24) is 24.9 Å². The molecular weight excluding hydrogens is 691 g/mol. The number of nitrogens with one attached hydrogen (secondary N) is 1. The first-order valence-electron chi connectivity index (χ1n) is 18.0. The Morgan fingerprint density at radius 3 is 2.20 bits per heavy atom. The zero-order valence-electron chi connectivity index (χ0n) is 29.7.